The highest BCUT2D eigenvalue weighted by Gasteiger charge is 2.01. The fraction of sp³-hybridized carbons (Fsp3) is 0.875. The molecule has 148 valence electrons. The molecule has 0 aliphatic carbocycles. The summed E-state index contributed by atoms with van der Waals surface area (Å²) in [5, 5.41) is 5.26. The number of carbonyl (C=O) groups excluding carboxylic acids is 2. The van der Waals surface area contributed by atoms with Gasteiger partial charge in [0.05, 0.1) is 59.5 Å². The van der Waals surface area contributed by atoms with Gasteiger partial charge in [0.1, 0.15) is 0 Å². The van der Waals surface area contributed by atoms with Crippen LogP contribution in [0.2, 0.25) is 0 Å². The number of ether oxygens (including phenoxy) is 5. The number of carbonyl (C=O) groups is 2. The van der Waals surface area contributed by atoms with Gasteiger partial charge in [0.2, 0.25) is 11.8 Å². The summed E-state index contributed by atoms with van der Waals surface area (Å²) in [6.07, 6.45) is 0.647. The molecule has 0 fully saturated rings. The molecule has 0 bridgehead atoms. The Morgan fingerprint density at radius 2 is 1.16 bits per heavy atom. The normalized spacial score (nSPS) is 10.6. The summed E-state index contributed by atoms with van der Waals surface area (Å²) in [6.45, 7) is 4.49. The second-order valence-corrected chi connectivity index (χ2v) is 4.97. The number of hydrogen-bond donors (Lipinski definition) is 2. The zero-order chi connectivity index (χ0) is 18.6. The Morgan fingerprint density at radius 3 is 1.72 bits per heavy atom. The molecule has 0 radical (unpaired) electrons. The molecule has 9 heteroatoms. The molecule has 0 aromatic carbocycles. The summed E-state index contributed by atoms with van der Waals surface area (Å²) in [5.41, 5.74) is 0. The van der Waals surface area contributed by atoms with Crippen LogP contribution in [-0.2, 0) is 33.3 Å². The van der Waals surface area contributed by atoms with E-state index in [9.17, 15) is 9.59 Å². The van der Waals surface area contributed by atoms with Crippen LogP contribution in [0.25, 0.3) is 0 Å². The standard InChI is InChI=1S/C16H32N2O7/c1-17-15(19)3-6-22-11-13-24-8-5-18-16(20)4-7-23-12-14-25-10-9-21-2/h3-14H2,1-2H3,(H,17,19)(H,18,20). The van der Waals surface area contributed by atoms with Gasteiger partial charge in [-0.2, -0.15) is 0 Å². The third-order valence-electron chi connectivity index (χ3n) is 2.97. The third-order valence-corrected chi connectivity index (χ3v) is 2.97. The molecule has 9 nitrogen and oxygen atoms in total. The topological polar surface area (TPSA) is 104 Å². The van der Waals surface area contributed by atoms with Crippen molar-refractivity contribution in [2.75, 3.05) is 80.2 Å². The highest BCUT2D eigenvalue weighted by molar-refractivity contribution is 5.76. The van der Waals surface area contributed by atoms with Crippen LogP contribution in [0.3, 0.4) is 0 Å². The van der Waals surface area contributed by atoms with Gasteiger partial charge in [-0.05, 0) is 0 Å². The Balaban J connectivity index is 3.19. The van der Waals surface area contributed by atoms with Crippen LogP contribution in [0.5, 0.6) is 0 Å². The summed E-state index contributed by atoms with van der Waals surface area (Å²) in [4.78, 5) is 22.5. The van der Waals surface area contributed by atoms with Gasteiger partial charge in [-0.3, -0.25) is 9.59 Å². The molecule has 0 aromatic heterocycles. The Morgan fingerprint density at radius 1 is 0.680 bits per heavy atom. The van der Waals surface area contributed by atoms with Crippen molar-refractivity contribution >= 4 is 11.8 Å². The highest BCUT2D eigenvalue weighted by Crippen LogP contribution is 1.86. The fourth-order valence-electron chi connectivity index (χ4n) is 1.59. The molecule has 0 aliphatic heterocycles. The van der Waals surface area contributed by atoms with Crippen molar-refractivity contribution in [1.29, 1.82) is 0 Å². The van der Waals surface area contributed by atoms with E-state index in [-0.39, 0.29) is 11.8 Å². The lowest BCUT2D eigenvalue weighted by Crippen LogP contribution is -2.28. The van der Waals surface area contributed by atoms with Crippen LogP contribution in [0.15, 0.2) is 0 Å². The Labute approximate surface area is 149 Å². The Kier molecular flexibility index (Phi) is 18.1. The number of methoxy groups -OCH3 is 1. The zero-order valence-corrected chi connectivity index (χ0v) is 15.3. The largest absolute Gasteiger partial charge is 0.382 e. The van der Waals surface area contributed by atoms with Crippen LogP contribution in [-0.4, -0.2) is 92.0 Å². The van der Waals surface area contributed by atoms with Crippen molar-refractivity contribution < 1.29 is 33.3 Å². The summed E-state index contributed by atoms with van der Waals surface area (Å²) >= 11 is 0. The molecule has 0 spiro atoms. The number of amides is 2. The molecular weight excluding hydrogens is 332 g/mol. The number of rotatable bonds is 18. The second kappa shape index (κ2) is 19.1. The highest BCUT2D eigenvalue weighted by atomic mass is 16.5. The number of nitrogens with one attached hydrogen (secondary N) is 2. The zero-order valence-electron chi connectivity index (χ0n) is 15.3. The van der Waals surface area contributed by atoms with E-state index in [1.807, 2.05) is 0 Å². The van der Waals surface area contributed by atoms with E-state index in [0.717, 1.165) is 0 Å². The van der Waals surface area contributed by atoms with Crippen molar-refractivity contribution in [3.63, 3.8) is 0 Å². The predicted octanol–water partition coefficient (Wildman–Crippen LogP) is -0.658. The maximum Gasteiger partial charge on any atom is 0.222 e. The van der Waals surface area contributed by atoms with E-state index in [0.29, 0.717) is 78.8 Å². The summed E-state index contributed by atoms with van der Waals surface area (Å²) < 4.78 is 25.9. The fourth-order valence-corrected chi connectivity index (χ4v) is 1.59. The molecule has 0 saturated carbocycles. The molecule has 2 N–H and O–H groups in total. The lowest BCUT2D eigenvalue weighted by Gasteiger charge is -2.08. The van der Waals surface area contributed by atoms with Gasteiger partial charge in [-0.25, -0.2) is 0 Å². The minimum absolute atomic E-state index is 0.0498. The first kappa shape index (κ1) is 23.7. The molecule has 0 aliphatic rings. The van der Waals surface area contributed by atoms with Crippen molar-refractivity contribution in [3.05, 3.63) is 0 Å². The first-order valence-electron chi connectivity index (χ1n) is 8.48. The van der Waals surface area contributed by atoms with Gasteiger partial charge < -0.3 is 34.3 Å². The first-order valence-corrected chi connectivity index (χ1v) is 8.48. The maximum atomic E-state index is 11.5. The molecule has 0 aromatic rings. The van der Waals surface area contributed by atoms with E-state index in [2.05, 4.69) is 10.6 Å². The van der Waals surface area contributed by atoms with Gasteiger partial charge in [0, 0.05) is 33.5 Å². The third kappa shape index (κ3) is 18.9. The molecule has 25 heavy (non-hydrogen) atoms. The van der Waals surface area contributed by atoms with Gasteiger partial charge in [0.25, 0.3) is 0 Å². The average Bonchev–Trinajstić information content (AvgIpc) is 2.62. The smallest absolute Gasteiger partial charge is 0.222 e. The van der Waals surface area contributed by atoms with E-state index in [4.69, 9.17) is 23.7 Å². The Bertz CT molecular complexity index is 330. The molecule has 0 saturated heterocycles. The Hall–Kier alpha value is -1.26. The van der Waals surface area contributed by atoms with Crippen LogP contribution >= 0.6 is 0 Å². The number of hydrogen-bond acceptors (Lipinski definition) is 7. The first-order chi connectivity index (χ1) is 12.2. The average molecular weight is 364 g/mol. The maximum absolute atomic E-state index is 11.5. The lowest BCUT2D eigenvalue weighted by molar-refractivity contribution is -0.122. The minimum Gasteiger partial charge on any atom is -0.382 e. The molecule has 2 amide bonds. The van der Waals surface area contributed by atoms with Crippen LogP contribution in [0.4, 0.5) is 0 Å². The molecule has 0 atom stereocenters. The summed E-state index contributed by atoms with van der Waals surface area (Å²) in [7, 11) is 3.21. The lowest BCUT2D eigenvalue weighted by atomic mass is 10.4. The quantitative estimate of drug-likeness (QED) is 0.311. The molecule has 0 unspecified atom stereocenters. The monoisotopic (exact) mass is 364 g/mol. The molecule has 0 rings (SSSR count). The SMILES string of the molecule is CNC(=O)CCOCCOCCNC(=O)CCOCCOCCOC. The van der Waals surface area contributed by atoms with Crippen LogP contribution in [0, 0.1) is 0 Å². The summed E-state index contributed by atoms with van der Waals surface area (Å²) in [5.74, 6) is -0.128. The van der Waals surface area contributed by atoms with Crippen LogP contribution in [0.1, 0.15) is 12.8 Å². The van der Waals surface area contributed by atoms with E-state index in [1.165, 1.54) is 0 Å². The molecule has 0 heterocycles. The van der Waals surface area contributed by atoms with E-state index >= 15 is 0 Å². The van der Waals surface area contributed by atoms with Gasteiger partial charge in [-0.1, -0.05) is 0 Å². The van der Waals surface area contributed by atoms with Crippen molar-refractivity contribution in [2.45, 2.75) is 12.8 Å². The van der Waals surface area contributed by atoms with Crippen molar-refractivity contribution in [3.8, 4) is 0 Å². The van der Waals surface area contributed by atoms with Crippen molar-refractivity contribution in [2.24, 2.45) is 0 Å². The van der Waals surface area contributed by atoms with Crippen molar-refractivity contribution in [1.82, 2.24) is 10.6 Å². The predicted molar refractivity (Wildman–Crippen MR) is 91.5 cm³/mol. The van der Waals surface area contributed by atoms with Crippen LogP contribution < -0.4 is 10.6 Å². The van der Waals surface area contributed by atoms with E-state index in [1.54, 1.807) is 14.2 Å². The van der Waals surface area contributed by atoms with E-state index < -0.39 is 0 Å². The second-order valence-electron chi connectivity index (χ2n) is 4.97. The van der Waals surface area contributed by atoms with Gasteiger partial charge in [-0.15, -0.1) is 0 Å². The van der Waals surface area contributed by atoms with Gasteiger partial charge in [0.15, 0.2) is 0 Å². The van der Waals surface area contributed by atoms with Gasteiger partial charge >= 0.3 is 0 Å². The molecular formula is C16H32N2O7. The minimum atomic E-state index is -0.0780. The summed E-state index contributed by atoms with van der Waals surface area (Å²) in [6, 6.07) is 0.